The lowest BCUT2D eigenvalue weighted by molar-refractivity contribution is -0.142. The number of fused-ring (bicyclic) bond motifs is 3. The topological polar surface area (TPSA) is 75.4 Å². The quantitative estimate of drug-likeness (QED) is 0.555. The zero-order valence-electron chi connectivity index (χ0n) is 18.0. The normalized spacial score (nSPS) is 18.0. The monoisotopic (exact) mass is 491 g/mol. The fourth-order valence-electron chi connectivity index (χ4n) is 5.14. The van der Waals surface area contributed by atoms with E-state index in [1.165, 1.54) is 24.3 Å². The smallest absolute Gasteiger partial charge is 0.406 e. The second-order valence-electron chi connectivity index (χ2n) is 8.61. The van der Waals surface area contributed by atoms with Gasteiger partial charge in [-0.05, 0) is 47.2 Å². The van der Waals surface area contributed by atoms with E-state index >= 15 is 0 Å². The number of hydrogen-bond acceptors (Lipinski definition) is 4. The molecule has 1 aliphatic carbocycles. The molecule has 1 unspecified atom stereocenters. The molecule has 0 spiro atoms. The molecule has 2 aromatic carbocycles. The van der Waals surface area contributed by atoms with Gasteiger partial charge in [0.2, 0.25) is 5.43 Å². The lowest BCUT2D eigenvalue weighted by Gasteiger charge is -2.39. The van der Waals surface area contributed by atoms with Crippen molar-refractivity contribution in [1.82, 2.24) is 14.7 Å². The summed E-state index contributed by atoms with van der Waals surface area (Å²) in [6.45, 7) is -2.15. The van der Waals surface area contributed by atoms with Crippen molar-refractivity contribution in [2.75, 3.05) is 13.1 Å². The number of halogens is 5. The van der Waals surface area contributed by atoms with Crippen LogP contribution in [-0.4, -0.2) is 45.0 Å². The molecule has 0 bridgehead atoms. The van der Waals surface area contributed by atoms with Gasteiger partial charge >= 0.3 is 6.18 Å². The number of alkyl halides is 3. The highest BCUT2D eigenvalue weighted by Gasteiger charge is 2.45. The molecule has 0 saturated heterocycles. The molecule has 35 heavy (non-hydrogen) atoms. The van der Waals surface area contributed by atoms with Crippen molar-refractivity contribution in [2.24, 2.45) is 0 Å². The van der Waals surface area contributed by atoms with Crippen LogP contribution in [0.1, 0.15) is 44.7 Å². The molecule has 1 aliphatic heterocycles. The predicted octanol–water partition coefficient (Wildman–Crippen LogP) is 3.72. The number of rotatable bonds is 2. The number of hydrogen-bond donors (Lipinski definition) is 1. The summed E-state index contributed by atoms with van der Waals surface area (Å²) in [6, 6.07) is 7.50. The predicted molar refractivity (Wildman–Crippen MR) is 113 cm³/mol. The summed E-state index contributed by atoms with van der Waals surface area (Å²) in [5.74, 6) is -4.26. The molecular formula is C24H18F5N3O3. The molecule has 1 amide bonds. The third-order valence-electron chi connectivity index (χ3n) is 6.56. The maximum atomic E-state index is 14.9. The van der Waals surface area contributed by atoms with E-state index in [0.29, 0.717) is 16.0 Å². The Morgan fingerprint density at radius 2 is 1.54 bits per heavy atom. The van der Waals surface area contributed by atoms with E-state index in [1.807, 2.05) is 0 Å². The fourth-order valence-corrected chi connectivity index (χ4v) is 5.14. The van der Waals surface area contributed by atoms with Gasteiger partial charge in [0, 0.05) is 12.5 Å². The molecule has 0 fully saturated rings. The van der Waals surface area contributed by atoms with Crippen molar-refractivity contribution in [3.63, 3.8) is 0 Å². The van der Waals surface area contributed by atoms with Crippen LogP contribution in [0, 0.1) is 11.6 Å². The molecule has 11 heteroatoms. The zero-order valence-corrected chi connectivity index (χ0v) is 18.0. The van der Waals surface area contributed by atoms with Crippen molar-refractivity contribution in [3.8, 4) is 5.75 Å². The van der Waals surface area contributed by atoms with Crippen LogP contribution in [0.5, 0.6) is 5.75 Å². The van der Waals surface area contributed by atoms with E-state index in [4.69, 9.17) is 0 Å². The molecule has 1 aromatic heterocycles. The standard InChI is InChI=1S/C24H18F5N3O3/c25-16-5-1-3-14-12(16)7-8-13-15(4-2-6-17(13)26)20(14)18-10-31(11-24(27,28)29)23(35)21-22(34)19(33)9-30-32(18)21/h1-6,9,18,20,34H,7-8,10-11H2. The van der Waals surface area contributed by atoms with Gasteiger partial charge in [-0.3, -0.25) is 14.3 Å². The Morgan fingerprint density at radius 1 is 0.971 bits per heavy atom. The Bertz CT molecular complexity index is 1350. The molecule has 6 nitrogen and oxygen atoms in total. The minimum Gasteiger partial charge on any atom is -0.502 e. The largest absolute Gasteiger partial charge is 0.502 e. The van der Waals surface area contributed by atoms with E-state index in [1.54, 1.807) is 12.1 Å². The number of aromatic hydroxyl groups is 1. The Labute approximate surface area is 195 Å². The summed E-state index contributed by atoms with van der Waals surface area (Å²) < 4.78 is 70.8. The van der Waals surface area contributed by atoms with Crippen LogP contribution < -0.4 is 5.43 Å². The molecular weight excluding hydrogens is 473 g/mol. The van der Waals surface area contributed by atoms with Crippen LogP contribution >= 0.6 is 0 Å². The first-order chi connectivity index (χ1) is 16.6. The van der Waals surface area contributed by atoms with Gasteiger partial charge in [0.15, 0.2) is 11.4 Å². The second-order valence-corrected chi connectivity index (χ2v) is 8.61. The fraction of sp³-hybridized carbons (Fsp3) is 0.292. The van der Waals surface area contributed by atoms with Gasteiger partial charge in [0.25, 0.3) is 5.91 Å². The van der Waals surface area contributed by atoms with E-state index in [-0.39, 0.29) is 24.0 Å². The minimum absolute atomic E-state index is 0.153. The number of aromatic nitrogens is 2. The van der Waals surface area contributed by atoms with Crippen LogP contribution in [0.4, 0.5) is 22.0 Å². The summed E-state index contributed by atoms with van der Waals surface area (Å²) in [7, 11) is 0. The van der Waals surface area contributed by atoms with Gasteiger partial charge < -0.3 is 10.0 Å². The van der Waals surface area contributed by atoms with Crippen molar-refractivity contribution in [2.45, 2.75) is 31.0 Å². The number of carbonyl (C=O) groups excluding carboxylic acids is 1. The summed E-state index contributed by atoms with van der Waals surface area (Å²) >= 11 is 0. The maximum Gasteiger partial charge on any atom is 0.406 e. The van der Waals surface area contributed by atoms with Gasteiger partial charge in [0.05, 0.1) is 12.2 Å². The number of amides is 1. The summed E-state index contributed by atoms with van der Waals surface area (Å²) in [4.78, 5) is 25.4. The van der Waals surface area contributed by atoms with Gasteiger partial charge in [-0.25, -0.2) is 8.78 Å². The van der Waals surface area contributed by atoms with E-state index in [9.17, 15) is 36.6 Å². The number of benzene rings is 2. The van der Waals surface area contributed by atoms with E-state index in [0.717, 1.165) is 10.9 Å². The van der Waals surface area contributed by atoms with Crippen molar-refractivity contribution >= 4 is 5.91 Å². The highest BCUT2D eigenvalue weighted by molar-refractivity contribution is 5.95. The van der Waals surface area contributed by atoms with Crippen molar-refractivity contribution < 1.29 is 31.9 Å². The lowest BCUT2D eigenvalue weighted by atomic mass is 9.81. The molecule has 1 atom stereocenters. The molecule has 0 radical (unpaired) electrons. The molecule has 1 N–H and O–H groups in total. The van der Waals surface area contributed by atoms with Crippen LogP contribution in [0.3, 0.4) is 0 Å². The molecule has 2 heterocycles. The second kappa shape index (κ2) is 8.17. The maximum absolute atomic E-state index is 14.9. The average molecular weight is 491 g/mol. The first kappa shape index (κ1) is 23.0. The summed E-state index contributed by atoms with van der Waals surface area (Å²) in [5.41, 5.74) is -0.356. The Balaban J connectivity index is 1.79. The number of carbonyl (C=O) groups is 1. The average Bonchev–Trinajstić information content (AvgIpc) is 2.95. The van der Waals surface area contributed by atoms with Crippen LogP contribution in [0.25, 0.3) is 0 Å². The van der Waals surface area contributed by atoms with Gasteiger partial charge in [-0.15, -0.1) is 0 Å². The van der Waals surface area contributed by atoms with Gasteiger partial charge in [0.1, 0.15) is 18.2 Å². The highest BCUT2D eigenvalue weighted by atomic mass is 19.4. The zero-order chi connectivity index (χ0) is 25.1. The SMILES string of the molecule is O=C1c2c(O)c(=O)cnn2C(C2c3cccc(F)c3CCc3c(F)cccc32)CN1CC(F)(F)F. The Hall–Kier alpha value is -3.76. The van der Waals surface area contributed by atoms with Gasteiger partial charge in [-0.2, -0.15) is 18.3 Å². The van der Waals surface area contributed by atoms with E-state index in [2.05, 4.69) is 5.10 Å². The highest BCUT2D eigenvalue weighted by Crippen LogP contribution is 2.45. The summed E-state index contributed by atoms with van der Waals surface area (Å²) in [5, 5.41) is 14.3. The minimum atomic E-state index is -4.77. The third kappa shape index (κ3) is 3.84. The summed E-state index contributed by atoms with van der Waals surface area (Å²) in [6.07, 6.45) is -3.70. The third-order valence-corrected chi connectivity index (χ3v) is 6.56. The van der Waals surface area contributed by atoms with Crippen molar-refractivity contribution in [1.29, 1.82) is 0 Å². The lowest BCUT2D eigenvalue weighted by Crippen LogP contribution is -2.50. The molecule has 182 valence electrons. The van der Waals surface area contributed by atoms with Crippen molar-refractivity contribution in [3.05, 3.63) is 92.4 Å². The van der Waals surface area contributed by atoms with Crippen LogP contribution in [-0.2, 0) is 12.8 Å². The van der Waals surface area contributed by atoms with Gasteiger partial charge in [-0.1, -0.05) is 24.3 Å². The van der Waals surface area contributed by atoms with Crippen LogP contribution in [0.2, 0.25) is 0 Å². The Morgan fingerprint density at radius 3 is 2.09 bits per heavy atom. The van der Waals surface area contributed by atoms with E-state index < -0.39 is 65.6 Å². The first-order valence-corrected chi connectivity index (χ1v) is 10.8. The van der Waals surface area contributed by atoms with Crippen LogP contribution in [0.15, 0.2) is 47.4 Å². The molecule has 3 aromatic rings. The molecule has 5 rings (SSSR count). The molecule has 0 saturated carbocycles. The first-order valence-electron chi connectivity index (χ1n) is 10.8. The number of nitrogens with zero attached hydrogens (tertiary/aromatic N) is 3. The molecule has 2 aliphatic rings. The Kier molecular flexibility index (Phi) is 5.37.